The highest BCUT2D eigenvalue weighted by Gasteiger charge is 2.55. The number of aliphatic hydroxyl groups is 6. The first kappa shape index (κ1) is 49.1. The fourth-order valence-electron chi connectivity index (χ4n) is 8.84. The van der Waals surface area contributed by atoms with Crippen LogP contribution in [-0.2, 0) is 28.6 Å². The molecule has 57 heavy (non-hydrogen) atoms. The number of carbonyl (C=O) groups excluding carboxylic acids is 3. The van der Waals surface area contributed by atoms with E-state index in [1.54, 1.807) is 32.9 Å². The first-order chi connectivity index (χ1) is 26.4. The third kappa shape index (κ3) is 11.5. The number of Topliss-reactive ketones (excluding diaryl/α,β-unsaturated/α-hetero) is 2. The summed E-state index contributed by atoms with van der Waals surface area (Å²) in [5.74, 6) is -8.18. The number of carbonyl (C=O) groups is 3. The molecule has 0 radical (unpaired) electrons. The Morgan fingerprint density at radius 1 is 0.860 bits per heavy atom. The Kier molecular flexibility index (Phi) is 17.5. The van der Waals surface area contributed by atoms with Gasteiger partial charge >= 0.3 is 5.97 Å². The minimum absolute atomic E-state index is 0.169. The molecule has 0 amide bonds. The number of fused-ring (bicyclic) bond motifs is 2. The van der Waals surface area contributed by atoms with Gasteiger partial charge in [-0.25, -0.2) is 4.79 Å². The average Bonchev–Trinajstić information content (AvgIpc) is 3.15. The maximum absolute atomic E-state index is 13.7. The number of hydrogen-bond donors (Lipinski definition) is 6. The normalized spacial score (nSPS) is 45.8. The predicted molar refractivity (Wildman–Crippen MR) is 216 cm³/mol. The van der Waals surface area contributed by atoms with Crippen LogP contribution in [-0.4, -0.2) is 108 Å². The first-order valence-corrected chi connectivity index (χ1v) is 21.2. The van der Waals surface area contributed by atoms with E-state index in [1.807, 2.05) is 26.0 Å². The topological polar surface area (TPSA) is 200 Å². The van der Waals surface area contributed by atoms with Crippen molar-refractivity contribution in [1.82, 2.24) is 0 Å². The van der Waals surface area contributed by atoms with Crippen LogP contribution >= 0.6 is 0 Å². The minimum atomic E-state index is -2.28. The highest BCUT2D eigenvalue weighted by Crippen LogP contribution is 2.47. The molecular formula is C45H74O12. The molecule has 0 aliphatic carbocycles. The largest absolute Gasteiger partial charge is 0.459 e. The van der Waals surface area contributed by atoms with Crippen LogP contribution in [0.2, 0.25) is 0 Å². The van der Waals surface area contributed by atoms with E-state index in [0.717, 1.165) is 6.42 Å². The van der Waals surface area contributed by atoms with Gasteiger partial charge in [0.2, 0.25) is 0 Å². The van der Waals surface area contributed by atoms with Crippen LogP contribution in [0.3, 0.4) is 0 Å². The number of allylic oxidation sites excluding steroid dienone is 3. The monoisotopic (exact) mass is 807 g/mol. The molecule has 6 N–H and O–H groups in total. The van der Waals surface area contributed by atoms with Gasteiger partial charge in [-0.3, -0.25) is 9.59 Å². The Bertz CT molecular complexity index is 1430. The molecule has 326 valence electrons. The minimum Gasteiger partial charge on any atom is -0.459 e. The van der Waals surface area contributed by atoms with Crippen molar-refractivity contribution in [2.75, 3.05) is 0 Å². The van der Waals surface area contributed by atoms with Gasteiger partial charge < -0.3 is 44.8 Å². The third-order valence-electron chi connectivity index (χ3n) is 13.8. The first-order valence-electron chi connectivity index (χ1n) is 21.2. The van der Waals surface area contributed by atoms with Crippen molar-refractivity contribution in [1.29, 1.82) is 0 Å². The Balaban J connectivity index is 2.01. The molecule has 2 fully saturated rings. The van der Waals surface area contributed by atoms with E-state index in [4.69, 9.17) is 14.2 Å². The van der Waals surface area contributed by atoms with E-state index < -0.39 is 101 Å². The van der Waals surface area contributed by atoms with Crippen molar-refractivity contribution in [3.63, 3.8) is 0 Å². The second kappa shape index (κ2) is 20.3. The molecule has 3 aliphatic rings. The molecule has 3 heterocycles. The Morgan fingerprint density at radius 2 is 1.49 bits per heavy atom. The summed E-state index contributed by atoms with van der Waals surface area (Å²) in [4.78, 5) is 40.7. The van der Waals surface area contributed by atoms with Crippen LogP contribution in [0, 0.1) is 47.3 Å². The molecule has 0 aromatic heterocycles. The molecule has 0 aromatic rings. The fraction of sp³-hybridized carbons (Fsp3) is 0.800. The summed E-state index contributed by atoms with van der Waals surface area (Å²) >= 11 is 0. The molecule has 2 bridgehead atoms. The quantitative estimate of drug-likeness (QED) is 0.209. The maximum atomic E-state index is 13.7. The molecule has 12 nitrogen and oxygen atoms in total. The molecule has 2 saturated heterocycles. The van der Waals surface area contributed by atoms with Crippen molar-refractivity contribution in [3.05, 3.63) is 36.5 Å². The van der Waals surface area contributed by atoms with Crippen LogP contribution in [0.15, 0.2) is 36.5 Å². The Hall–Kier alpha value is -2.29. The number of ether oxygens (including phenoxy) is 3. The van der Waals surface area contributed by atoms with Crippen LogP contribution in [0.1, 0.15) is 121 Å². The van der Waals surface area contributed by atoms with E-state index in [2.05, 4.69) is 6.92 Å². The molecular weight excluding hydrogens is 732 g/mol. The zero-order valence-electron chi connectivity index (χ0n) is 36.2. The summed E-state index contributed by atoms with van der Waals surface area (Å²) in [5, 5.41) is 67.3. The van der Waals surface area contributed by atoms with Crippen molar-refractivity contribution >= 4 is 17.5 Å². The zero-order chi connectivity index (χ0) is 43.2. The van der Waals surface area contributed by atoms with E-state index >= 15 is 0 Å². The molecule has 3 rings (SSSR count). The predicted octanol–water partition coefficient (Wildman–Crippen LogP) is 5.00. The van der Waals surface area contributed by atoms with Gasteiger partial charge in [-0.2, -0.15) is 0 Å². The lowest BCUT2D eigenvalue weighted by Gasteiger charge is -2.53. The number of aliphatic hydroxyl groups excluding tert-OH is 4. The van der Waals surface area contributed by atoms with Crippen molar-refractivity contribution in [3.8, 4) is 0 Å². The van der Waals surface area contributed by atoms with Gasteiger partial charge in [-0.05, 0) is 58.3 Å². The van der Waals surface area contributed by atoms with Gasteiger partial charge in [0.05, 0.1) is 36.6 Å². The summed E-state index contributed by atoms with van der Waals surface area (Å²) in [7, 11) is 0. The van der Waals surface area contributed by atoms with Crippen LogP contribution in [0.5, 0.6) is 0 Å². The molecule has 1 spiro atoms. The summed E-state index contributed by atoms with van der Waals surface area (Å²) in [5.41, 5.74) is -4.20. The van der Waals surface area contributed by atoms with Crippen molar-refractivity contribution in [2.24, 2.45) is 47.3 Å². The van der Waals surface area contributed by atoms with Gasteiger partial charge in [0.15, 0.2) is 11.6 Å². The van der Waals surface area contributed by atoms with Gasteiger partial charge in [-0.1, -0.05) is 85.8 Å². The molecule has 12 heteroatoms. The average molecular weight is 807 g/mol. The fourth-order valence-corrected chi connectivity index (χ4v) is 8.84. The lowest BCUT2D eigenvalue weighted by Crippen LogP contribution is -2.61. The van der Waals surface area contributed by atoms with Crippen molar-refractivity contribution in [2.45, 2.75) is 181 Å². The number of rotatable bonds is 3. The highest BCUT2D eigenvalue weighted by molar-refractivity contribution is 5.92. The van der Waals surface area contributed by atoms with Crippen LogP contribution in [0.4, 0.5) is 0 Å². The van der Waals surface area contributed by atoms with E-state index in [0.29, 0.717) is 32.1 Å². The SMILES string of the molecule is CC[C@H]1C=CC=CC[C@@H](C)[C@](C)(O)[C@@](C)(O)C(=O)[C@@H](C)[C@H](O)[C@@H](C)C(=O)[C@@H](C)[C@H](O)[C@@H](C)C=CC(=O)OC2CC(CC1O)OC1(CC[C@H](C)[C@H](C[C@@H](C)O)O1)[C@@H]2C. The summed E-state index contributed by atoms with van der Waals surface area (Å²) < 4.78 is 19.6. The Labute approximate surface area is 340 Å². The van der Waals surface area contributed by atoms with E-state index in [9.17, 15) is 45.0 Å². The van der Waals surface area contributed by atoms with Crippen LogP contribution in [0.25, 0.3) is 0 Å². The summed E-state index contributed by atoms with van der Waals surface area (Å²) in [6.45, 7) is 18.0. The third-order valence-corrected chi connectivity index (χ3v) is 13.8. The molecule has 18 atom stereocenters. The summed E-state index contributed by atoms with van der Waals surface area (Å²) in [6.07, 6.45) is 7.59. The van der Waals surface area contributed by atoms with Gasteiger partial charge in [-0.15, -0.1) is 0 Å². The van der Waals surface area contributed by atoms with E-state index in [1.165, 1.54) is 46.8 Å². The number of ketones is 2. The van der Waals surface area contributed by atoms with Gasteiger partial charge in [0, 0.05) is 60.8 Å². The summed E-state index contributed by atoms with van der Waals surface area (Å²) in [6, 6.07) is 0. The Morgan fingerprint density at radius 3 is 2.11 bits per heavy atom. The second-order valence-corrected chi connectivity index (χ2v) is 18.2. The van der Waals surface area contributed by atoms with Crippen molar-refractivity contribution < 1.29 is 59.2 Å². The smallest absolute Gasteiger partial charge is 0.330 e. The molecule has 4 unspecified atom stereocenters. The number of hydrogen-bond acceptors (Lipinski definition) is 12. The lowest BCUT2D eigenvalue weighted by atomic mass is 9.69. The zero-order valence-corrected chi connectivity index (χ0v) is 36.2. The second-order valence-electron chi connectivity index (χ2n) is 18.2. The molecule has 0 saturated carbocycles. The molecule has 0 aromatic carbocycles. The lowest BCUT2D eigenvalue weighted by molar-refractivity contribution is -0.362. The highest BCUT2D eigenvalue weighted by atomic mass is 16.7. The standard InChI is InChI=1S/C45H74O12/c1-12-33-17-15-13-14-16-27(4)43(10,53)44(11,54)42(52)31(8)41(51)30(7)40(50)29(6)39(49)26(3)18-19-38(48)55-37-24-34(23-35(33)47)56-45(32(37)9)21-20-25(2)36(57-45)22-28(5)46/h13-15,17-19,25-37,39,41,46-47,49,51,53-54H,12,16,20-24H2,1-11H3/t25-,26-,27+,28+,29-,30-,31-,32+,33-,34?,35?,36-,37?,39+,41+,43-,44-,45?/m0/s1. The maximum Gasteiger partial charge on any atom is 0.330 e. The number of esters is 1. The van der Waals surface area contributed by atoms with E-state index in [-0.39, 0.29) is 30.3 Å². The van der Waals surface area contributed by atoms with Gasteiger partial charge in [0.25, 0.3) is 0 Å². The van der Waals surface area contributed by atoms with Gasteiger partial charge in [0.1, 0.15) is 23.1 Å². The van der Waals surface area contributed by atoms with Crippen LogP contribution < -0.4 is 0 Å². The molecule has 3 aliphatic heterocycles.